The molecule has 1 amide bonds. The Morgan fingerprint density at radius 1 is 1.25 bits per heavy atom. The first kappa shape index (κ1) is 20.6. The molecule has 152 valence electrons. The van der Waals surface area contributed by atoms with E-state index in [4.69, 9.17) is 14.2 Å². The maximum Gasteiger partial charge on any atom is 0.234 e. The van der Waals surface area contributed by atoms with Crippen molar-refractivity contribution in [3.8, 4) is 11.5 Å². The molecule has 0 bridgehead atoms. The fourth-order valence-electron chi connectivity index (χ4n) is 3.63. The van der Waals surface area contributed by atoms with E-state index in [2.05, 4.69) is 39.9 Å². The Morgan fingerprint density at radius 2 is 2.04 bits per heavy atom. The third-order valence-electron chi connectivity index (χ3n) is 4.98. The van der Waals surface area contributed by atoms with Crippen molar-refractivity contribution in [1.29, 1.82) is 0 Å². The molecular weight excluding hydrogens is 376 g/mol. The molecule has 0 saturated heterocycles. The highest BCUT2D eigenvalue weighted by Crippen LogP contribution is 2.41. The molecule has 3 rings (SSSR count). The molecule has 0 saturated carbocycles. The molecule has 1 aliphatic heterocycles. The van der Waals surface area contributed by atoms with Gasteiger partial charge in [-0.15, -0.1) is 11.3 Å². The van der Waals surface area contributed by atoms with Gasteiger partial charge in [0, 0.05) is 31.7 Å². The predicted octanol–water partition coefficient (Wildman–Crippen LogP) is 2.87. The summed E-state index contributed by atoms with van der Waals surface area (Å²) in [5.41, 5.74) is 2.42. The Labute approximate surface area is 170 Å². The van der Waals surface area contributed by atoms with Crippen molar-refractivity contribution in [2.75, 3.05) is 47.6 Å². The van der Waals surface area contributed by atoms with E-state index in [1.807, 2.05) is 0 Å². The van der Waals surface area contributed by atoms with E-state index < -0.39 is 0 Å². The minimum Gasteiger partial charge on any atom is -0.493 e. The zero-order valence-electron chi connectivity index (χ0n) is 16.7. The number of nitrogens with one attached hydrogen (secondary N) is 1. The summed E-state index contributed by atoms with van der Waals surface area (Å²) in [4.78, 5) is 16.0. The first-order valence-corrected chi connectivity index (χ1v) is 10.3. The number of thiophene rings is 1. The average Bonchev–Trinajstić information content (AvgIpc) is 3.24. The Bertz CT molecular complexity index is 779. The first-order valence-electron chi connectivity index (χ1n) is 9.45. The fourth-order valence-corrected chi connectivity index (χ4v) is 4.51. The third-order valence-corrected chi connectivity index (χ3v) is 5.90. The van der Waals surface area contributed by atoms with Gasteiger partial charge in [-0.25, -0.2) is 0 Å². The van der Waals surface area contributed by atoms with Crippen LogP contribution in [0.3, 0.4) is 0 Å². The Balaban J connectivity index is 1.84. The van der Waals surface area contributed by atoms with Crippen LogP contribution in [0.4, 0.5) is 0 Å². The van der Waals surface area contributed by atoms with Gasteiger partial charge in [0.2, 0.25) is 5.91 Å². The number of carbonyl (C=O) groups is 1. The number of carbonyl (C=O) groups excluding carboxylic acids is 1. The number of nitrogens with zero attached hydrogens (tertiary/aromatic N) is 1. The molecule has 1 aromatic heterocycles. The summed E-state index contributed by atoms with van der Waals surface area (Å²) in [7, 11) is 4.98. The Hall–Kier alpha value is -2.09. The molecule has 0 fully saturated rings. The SMILES string of the molecule is COCCCNC(=O)CN1CCc2cc(OC)c(OC)cc2[C@H]1c1cccs1. The van der Waals surface area contributed by atoms with Crippen LogP contribution in [0.5, 0.6) is 11.5 Å². The molecule has 0 radical (unpaired) electrons. The van der Waals surface area contributed by atoms with Gasteiger partial charge in [0.25, 0.3) is 0 Å². The minimum absolute atomic E-state index is 0.0354. The largest absolute Gasteiger partial charge is 0.493 e. The van der Waals surface area contributed by atoms with Gasteiger partial charge in [-0.3, -0.25) is 9.69 Å². The minimum atomic E-state index is 0.0354. The van der Waals surface area contributed by atoms with Crippen molar-refractivity contribution in [1.82, 2.24) is 10.2 Å². The number of hydrogen-bond acceptors (Lipinski definition) is 6. The number of benzene rings is 1. The normalized spacial score (nSPS) is 16.5. The van der Waals surface area contributed by atoms with Crippen LogP contribution in [0.15, 0.2) is 29.6 Å². The number of amides is 1. The zero-order chi connectivity index (χ0) is 19.9. The van der Waals surface area contributed by atoms with Gasteiger partial charge in [0.05, 0.1) is 26.8 Å². The van der Waals surface area contributed by atoms with Crippen molar-refractivity contribution in [3.05, 3.63) is 45.6 Å². The second-order valence-corrected chi connectivity index (χ2v) is 7.72. The van der Waals surface area contributed by atoms with Gasteiger partial charge < -0.3 is 19.5 Å². The lowest BCUT2D eigenvalue weighted by Gasteiger charge is -2.37. The molecular formula is C21H28N2O4S. The summed E-state index contributed by atoms with van der Waals surface area (Å²) in [5, 5.41) is 5.07. The molecule has 2 heterocycles. The molecule has 0 spiro atoms. The lowest BCUT2D eigenvalue weighted by atomic mass is 9.91. The van der Waals surface area contributed by atoms with Crippen molar-refractivity contribution < 1.29 is 19.0 Å². The van der Waals surface area contributed by atoms with Crippen LogP contribution in [0.2, 0.25) is 0 Å². The molecule has 2 aromatic rings. The Kier molecular flexibility index (Phi) is 7.30. The van der Waals surface area contributed by atoms with Crippen LogP contribution in [-0.2, 0) is 16.0 Å². The summed E-state index contributed by atoms with van der Waals surface area (Å²) in [6, 6.07) is 8.34. The van der Waals surface area contributed by atoms with E-state index in [9.17, 15) is 4.79 Å². The van der Waals surface area contributed by atoms with Crippen molar-refractivity contribution in [2.24, 2.45) is 0 Å². The van der Waals surface area contributed by atoms with Crippen LogP contribution in [0.1, 0.15) is 28.5 Å². The van der Waals surface area contributed by atoms with Crippen molar-refractivity contribution in [2.45, 2.75) is 18.9 Å². The van der Waals surface area contributed by atoms with Crippen LogP contribution in [-0.4, -0.2) is 58.4 Å². The maximum atomic E-state index is 12.5. The summed E-state index contributed by atoms with van der Waals surface area (Å²) in [6.07, 6.45) is 1.69. The van der Waals surface area contributed by atoms with Gasteiger partial charge in [0.1, 0.15) is 0 Å². The number of hydrogen-bond donors (Lipinski definition) is 1. The van der Waals surface area contributed by atoms with E-state index in [0.29, 0.717) is 25.4 Å². The summed E-state index contributed by atoms with van der Waals surface area (Å²) >= 11 is 1.71. The van der Waals surface area contributed by atoms with E-state index in [1.165, 1.54) is 16.0 Å². The number of methoxy groups -OCH3 is 3. The summed E-state index contributed by atoms with van der Waals surface area (Å²) < 4.78 is 16.0. The summed E-state index contributed by atoms with van der Waals surface area (Å²) in [5.74, 6) is 1.51. The number of ether oxygens (including phenoxy) is 3. The molecule has 28 heavy (non-hydrogen) atoms. The fraction of sp³-hybridized carbons (Fsp3) is 0.476. The topological polar surface area (TPSA) is 60.0 Å². The van der Waals surface area contributed by atoms with Crippen LogP contribution < -0.4 is 14.8 Å². The van der Waals surface area contributed by atoms with E-state index in [1.54, 1.807) is 32.7 Å². The van der Waals surface area contributed by atoms with Crippen molar-refractivity contribution in [3.63, 3.8) is 0 Å². The quantitative estimate of drug-likeness (QED) is 0.652. The highest BCUT2D eigenvalue weighted by atomic mass is 32.1. The van der Waals surface area contributed by atoms with Crippen LogP contribution >= 0.6 is 11.3 Å². The molecule has 1 N–H and O–H groups in total. The van der Waals surface area contributed by atoms with Crippen LogP contribution in [0.25, 0.3) is 0 Å². The third kappa shape index (κ3) is 4.66. The van der Waals surface area contributed by atoms with Gasteiger partial charge >= 0.3 is 0 Å². The lowest BCUT2D eigenvalue weighted by molar-refractivity contribution is -0.122. The van der Waals surface area contributed by atoms with Gasteiger partial charge in [-0.1, -0.05) is 6.07 Å². The average molecular weight is 405 g/mol. The van der Waals surface area contributed by atoms with E-state index >= 15 is 0 Å². The second-order valence-electron chi connectivity index (χ2n) is 6.74. The maximum absolute atomic E-state index is 12.5. The van der Waals surface area contributed by atoms with Gasteiger partial charge in [0.15, 0.2) is 11.5 Å². The predicted molar refractivity (Wildman–Crippen MR) is 110 cm³/mol. The zero-order valence-corrected chi connectivity index (χ0v) is 17.5. The number of rotatable bonds is 9. The van der Waals surface area contributed by atoms with Crippen LogP contribution in [0, 0.1) is 0 Å². The van der Waals surface area contributed by atoms with E-state index in [0.717, 1.165) is 25.1 Å². The molecule has 0 unspecified atom stereocenters. The highest BCUT2D eigenvalue weighted by Gasteiger charge is 2.32. The lowest BCUT2D eigenvalue weighted by Crippen LogP contribution is -2.43. The van der Waals surface area contributed by atoms with E-state index in [-0.39, 0.29) is 11.9 Å². The molecule has 1 atom stereocenters. The van der Waals surface area contributed by atoms with Gasteiger partial charge in [-0.2, -0.15) is 0 Å². The van der Waals surface area contributed by atoms with Gasteiger partial charge in [-0.05, 0) is 47.5 Å². The monoisotopic (exact) mass is 404 g/mol. The molecule has 6 nitrogen and oxygen atoms in total. The smallest absolute Gasteiger partial charge is 0.234 e. The Morgan fingerprint density at radius 3 is 2.71 bits per heavy atom. The molecule has 0 aliphatic carbocycles. The molecule has 7 heteroatoms. The first-order chi connectivity index (χ1) is 13.7. The molecule has 1 aromatic carbocycles. The summed E-state index contributed by atoms with van der Waals surface area (Å²) in [6.45, 7) is 2.46. The standard InChI is InChI=1S/C21H28N2O4S/c1-25-10-5-8-22-20(24)14-23-9-7-15-12-17(26-2)18(27-3)13-16(15)21(23)19-6-4-11-28-19/h4,6,11-13,21H,5,7-10,14H2,1-3H3,(H,22,24)/t21-/m0/s1. The second kappa shape index (κ2) is 9.91. The van der Waals surface area contributed by atoms with Crippen molar-refractivity contribution >= 4 is 17.2 Å². The number of fused-ring (bicyclic) bond motifs is 1. The highest BCUT2D eigenvalue weighted by molar-refractivity contribution is 7.10. The molecule has 1 aliphatic rings.